The first-order valence-electron chi connectivity index (χ1n) is 8.35. The largest absolute Gasteiger partial charge is 0.496 e. The number of benzene rings is 2. The third-order valence-corrected chi connectivity index (χ3v) is 4.83. The van der Waals surface area contributed by atoms with Gasteiger partial charge in [0.15, 0.2) is 0 Å². The summed E-state index contributed by atoms with van der Waals surface area (Å²) in [7, 11) is 1.59. The Balaban J connectivity index is 1.62. The summed E-state index contributed by atoms with van der Waals surface area (Å²) in [6.07, 6.45) is 0. The van der Waals surface area contributed by atoms with Crippen LogP contribution in [0.2, 0.25) is 0 Å². The van der Waals surface area contributed by atoms with Crippen molar-refractivity contribution in [2.45, 2.75) is 25.6 Å². The van der Waals surface area contributed by atoms with Crippen molar-refractivity contribution >= 4 is 17.7 Å². The van der Waals surface area contributed by atoms with Crippen LogP contribution in [-0.2, 0) is 16.1 Å². The van der Waals surface area contributed by atoms with Gasteiger partial charge in [0.25, 0.3) is 0 Å². The molecule has 0 saturated carbocycles. The molecule has 3 rings (SSSR count). The molecule has 0 radical (unpaired) electrons. The Morgan fingerprint density at radius 1 is 1.19 bits per heavy atom. The number of methoxy groups -OCH3 is 1. The smallest absolute Gasteiger partial charge is 0.316 e. The van der Waals surface area contributed by atoms with Gasteiger partial charge in [-0.25, -0.2) is 0 Å². The molecule has 0 amide bonds. The molecule has 3 aromatic rings. The van der Waals surface area contributed by atoms with Gasteiger partial charge in [-0.1, -0.05) is 42.1 Å². The van der Waals surface area contributed by atoms with Gasteiger partial charge in [-0.05, 0) is 47.5 Å². The summed E-state index contributed by atoms with van der Waals surface area (Å²) >= 11 is 1.24. The lowest BCUT2D eigenvalue weighted by atomic mass is 10.1. The number of nitrogens with zero attached hydrogens (tertiary/aromatic N) is 4. The fourth-order valence-electron chi connectivity index (χ4n) is 2.51. The number of carbonyl (C=O) groups is 1. The van der Waals surface area contributed by atoms with E-state index in [0.717, 1.165) is 22.4 Å². The first kappa shape index (κ1) is 18.9. The standard InChI is InChI=1S/C19H20N4O3S/c1-13-8-9-14(2)16(10-13)23-19(20-21-22-23)27-12-18(24)26-11-15-6-4-5-7-17(15)25-3/h4-10H,11-12H2,1-3H3. The third kappa shape index (κ3) is 4.65. The summed E-state index contributed by atoms with van der Waals surface area (Å²) in [4.78, 5) is 12.1. The maximum atomic E-state index is 12.1. The highest BCUT2D eigenvalue weighted by Crippen LogP contribution is 2.22. The molecule has 0 N–H and O–H groups in total. The van der Waals surface area contributed by atoms with Crippen LogP contribution < -0.4 is 4.74 Å². The first-order valence-corrected chi connectivity index (χ1v) is 9.33. The van der Waals surface area contributed by atoms with Gasteiger partial charge >= 0.3 is 5.97 Å². The molecule has 1 heterocycles. The Bertz CT molecular complexity index is 942. The second-order valence-corrected chi connectivity index (χ2v) is 6.87. The lowest BCUT2D eigenvalue weighted by molar-refractivity contribution is -0.141. The lowest BCUT2D eigenvalue weighted by Gasteiger charge is -2.10. The van der Waals surface area contributed by atoms with Gasteiger partial charge in [0, 0.05) is 5.56 Å². The molecule has 0 unspecified atom stereocenters. The quantitative estimate of drug-likeness (QED) is 0.457. The fraction of sp³-hybridized carbons (Fsp3) is 0.263. The van der Waals surface area contributed by atoms with Crippen LogP contribution in [-0.4, -0.2) is 39.0 Å². The van der Waals surface area contributed by atoms with Crippen LogP contribution in [0.15, 0.2) is 47.6 Å². The first-order chi connectivity index (χ1) is 13.1. The number of hydrogen-bond donors (Lipinski definition) is 0. The van der Waals surface area contributed by atoms with E-state index in [9.17, 15) is 4.79 Å². The minimum atomic E-state index is -0.346. The Kier molecular flexibility index (Phi) is 6.08. The summed E-state index contributed by atoms with van der Waals surface area (Å²) in [6, 6.07) is 13.5. The van der Waals surface area contributed by atoms with Gasteiger partial charge in [0.05, 0.1) is 18.6 Å². The number of hydrogen-bond acceptors (Lipinski definition) is 7. The van der Waals surface area contributed by atoms with E-state index in [1.165, 1.54) is 11.8 Å². The van der Waals surface area contributed by atoms with E-state index in [1.54, 1.807) is 11.8 Å². The Morgan fingerprint density at radius 2 is 2.00 bits per heavy atom. The van der Waals surface area contributed by atoms with Crippen LogP contribution in [0.4, 0.5) is 0 Å². The number of ether oxygens (including phenoxy) is 2. The average molecular weight is 384 g/mol. The number of tetrazole rings is 1. The van der Waals surface area contributed by atoms with E-state index >= 15 is 0 Å². The van der Waals surface area contributed by atoms with Crippen LogP contribution in [0.25, 0.3) is 5.69 Å². The summed E-state index contributed by atoms with van der Waals surface area (Å²) in [5.41, 5.74) is 3.87. The molecule has 2 aromatic carbocycles. The third-order valence-electron chi connectivity index (χ3n) is 3.93. The van der Waals surface area contributed by atoms with Crippen molar-refractivity contribution < 1.29 is 14.3 Å². The molecule has 7 nitrogen and oxygen atoms in total. The number of aryl methyl sites for hydroxylation is 2. The number of aromatic nitrogens is 4. The van der Waals surface area contributed by atoms with Crippen LogP contribution in [0.5, 0.6) is 5.75 Å². The van der Waals surface area contributed by atoms with Crippen molar-refractivity contribution in [3.05, 3.63) is 59.2 Å². The molecule has 1 aromatic heterocycles. The number of carbonyl (C=O) groups excluding carboxylic acids is 1. The highest BCUT2D eigenvalue weighted by atomic mass is 32.2. The van der Waals surface area contributed by atoms with Gasteiger partial charge in [-0.2, -0.15) is 4.68 Å². The highest BCUT2D eigenvalue weighted by molar-refractivity contribution is 7.99. The number of thioether (sulfide) groups is 1. The van der Waals surface area contributed by atoms with E-state index < -0.39 is 0 Å². The van der Waals surface area contributed by atoms with E-state index in [0.29, 0.717) is 10.9 Å². The molecule has 0 bridgehead atoms. The number of rotatable bonds is 7. The van der Waals surface area contributed by atoms with Crippen LogP contribution in [0, 0.1) is 13.8 Å². The van der Waals surface area contributed by atoms with Gasteiger partial charge in [-0.3, -0.25) is 4.79 Å². The molecular formula is C19H20N4O3S. The zero-order valence-corrected chi connectivity index (χ0v) is 16.2. The highest BCUT2D eigenvalue weighted by Gasteiger charge is 2.14. The average Bonchev–Trinajstić information content (AvgIpc) is 3.15. The Hall–Kier alpha value is -2.87. The second kappa shape index (κ2) is 8.68. The van der Waals surface area contributed by atoms with Crippen molar-refractivity contribution in [1.82, 2.24) is 20.2 Å². The summed E-state index contributed by atoms with van der Waals surface area (Å²) in [5, 5.41) is 12.3. The van der Waals surface area contributed by atoms with Gasteiger partial charge in [0.1, 0.15) is 12.4 Å². The van der Waals surface area contributed by atoms with Gasteiger partial charge < -0.3 is 9.47 Å². The predicted molar refractivity (Wildman–Crippen MR) is 102 cm³/mol. The van der Waals surface area contributed by atoms with Crippen LogP contribution in [0.1, 0.15) is 16.7 Å². The van der Waals surface area contributed by atoms with Crippen LogP contribution >= 0.6 is 11.8 Å². The number of esters is 1. The topological polar surface area (TPSA) is 79.1 Å². The molecule has 0 spiro atoms. The maximum absolute atomic E-state index is 12.1. The van der Waals surface area contributed by atoms with Crippen molar-refractivity contribution in [2.75, 3.05) is 12.9 Å². The molecule has 140 valence electrons. The van der Waals surface area contributed by atoms with E-state index in [4.69, 9.17) is 9.47 Å². The molecule has 0 aliphatic heterocycles. The minimum Gasteiger partial charge on any atom is -0.496 e. The SMILES string of the molecule is COc1ccccc1COC(=O)CSc1nnnn1-c1cc(C)ccc1C. The minimum absolute atomic E-state index is 0.111. The number of para-hydroxylation sites is 1. The second-order valence-electron chi connectivity index (χ2n) is 5.92. The molecule has 27 heavy (non-hydrogen) atoms. The van der Waals surface area contributed by atoms with E-state index in [-0.39, 0.29) is 18.3 Å². The van der Waals surface area contributed by atoms with Crippen molar-refractivity contribution in [3.63, 3.8) is 0 Å². The molecule has 0 saturated heterocycles. The van der Waals surface area contributed by atoms with Gasteiger partial charge in [-0.15, -0.1) is 5.10 Å². The summed E-state index contributed by atoms with van der Waals surface area (Å²) < 4.78 is 12.2. The molecule has 0 fully saturated rings. The van der Waals surface area contributed by atoms with Crippen molar-refractivity contribution in [2.24, 2.45) is 0 Å². The van der Waals surface area contributed by atoms with Gasteiger partial charge in [0.2, 0.25) is 5.16 Å². The zero-order valence-electron chi connectivity index (χ0n) is 15.4. The molecule has 0 aliphatic rings. The maximum Gasteiger partial charge on any atom is 0.316 e. The molecule has 0 atom stereocenters. The molecular weight excluding hydrogens is 364 g/mol. The summed E-state index contributed by atoms with van der Waals surface area (Å²) in [6.45, 7) is 4.16. The summed E-state index contributed by atoms with van der Waals surface area (Å²) in [5.74, 6) is 0.457. The fourth-order valence-corrected chi connectivity index (χ4v) is 3.19. The monoisotopic (exact) mass is 384 g/mol. The molecule has 8 heteroatoms. The Morgan fingerprint density at radius 3 is 2.81 bits per heavy atom. The normalized spacial score (nSPS) is 10.6. The van der Waals surface area contributed by atoms with E-state index in [1.807, 2.05) is 56.3 Å². The lowest BCUT2D eigenvalue weighted by Crippen LogP contribution is -2.09. The van der Waals surface area contributed by atoms with E-state index in [2.05, 4.69) is 15.5 Å². The Labute approximate surface area is 161 Å². The van der Waals surface area contributed by atoms with Crippen LogP contribution in [0.3, 0.4) is 0 Å². The zero-order chi connectivity index (χ0) is 19.2. The van der Waals surface area contributed by atoms with Crippen molar-refractivity contribution in [1.29, 1.82) is 0 Å². The molecule has 0 aliphatic carbocycles. The van der Waals surface area contributed by atoms with Crippen molar-refractivity contribution in [3.8, 4) is 11.4 Å². The predicted octanol–water partition coefficient (Wildman–Crippen LogP) is 3.12.